The molecule has 0 amide bonds. The lowest BCUT2D eigenvalue weighted by Gasteiger charge is -2.07. The number of hydrogen-bond donors (Lipinski definition) is 0. The summed E-state index contributed by atoms with van der Waals surface area (Å²) in [6.45, 7) is 5.01. The molecule has 0 saturated carbocycles. The van der Waals surface area contributed by atoms with Gasteiger partial charge in [-0.3, -0.25) is 4.79 Å². The molecule has 0 fully saturated rings. The summed E-state index contributed by atoms with van der Waals surface area (Å²) in [6, 6.07) is 7.07. The Hall–Kier alpha value is -2.30. The first kappa shape index (κ1) is 13.1. The molecule has 0 radical (unpaired) electrons. The maximum atomic E-state index is 11.9. The first-order chi connectivity index (χ1) is 9.24. The van der Waals surface area contributed by atoms with Gasteiger partial charge in [0.15, 0.2) is 0 Å². The van der Waals surface area contributed by atoms with Crippen LogP contribution in [0, 0.1) is 0 Å². The summed E-state index contributed by atoms with van der Waals surface area (Å²) < 4.78 is 12.4. The van der Waals surface area contributed by atoms with Gasteiger partial charge in [0.2, 0.25) is 0 Å². The van der Waals surface area contributed by atoms with E-state index in [1.807, 2.05) is 13.8 Å². The topological polar surface area (TPSA) is 53.4 Å². The molecule has 0 N–H and O–H groups in total. The molecule has 0 aliphatic rings. The fraction of sp³-hybridized carbons (Fsp3) is 0.286. The number of aromatic nitrogens is 2. The Kier molecular flexibility index (Phi) is 4.18. The monoisotopic (exact) mass is 260 g/mol. The highest BCUT2D eigenvalue weighted by atomic mass is 16.5. The second-order valence-corrected chi connectivity index (χ2v) is 3.83. The van der Waals surface area contributed by atoms with Gasteiger partial charge in [0, 0.05) is 18.9 Å². The summed E-state index contributed by atoms with van der Waals surface area (Å²) in [5.74, 6) is 1.40. The van der Waals surface area contributed by atoms with Crippen molar-refractivity contribution in [1.82, 2.24) is 9.55 Å². The first-order valence-electron chi connectivity index (χ1n) is 6.20. The van der Waals surface area contributed by atoms with Gasteiger partial charge in [-0.2, -0.15) is 0 Å². The SMILES string of the molecule is CCOc1ccc(Oc2nccn(CC)c2=O)cc1. The summed E-state index contributed by atoms with van der Waals surface area (Å²) in [4.78, 5) is 15.9. The zero-order valence-corrected chi connectivity index (χ0v) is 11.0. The Bertz CT molecular complexity index is 590. The second-order valence-electron chi connectivity index (χ2n) is 3.83. The van der Waals surface area contributed by atoms with Gasteiger partial charge < -0.3 is 14.0 Å². The molecule has 0 saturated heterocycles. The molecule has 0 spiro atoms. The Morgan fingerprint density at radius 1 is 1.16 bits per heavy atom. The van der Waals surface area contributed by atoms with E-state index >= 15 is 0 Å². The van der Waals surface area contributed by atoms with Crippen molar-refractivity contribution < 1.29 is 9.47 Å². The van der Waals surface area contributed by atoms with Crippen LogP contribution in [0.3, 0.4) is 0 Å². The van der Waals surface area contributed by atoms with E-state index in [-0.39, 0.29) is 11.4 Å². The van der Waals surface area contributed by atoms with Gasteiger partial charge in [-0.1, -0.05) is 0 Å². The molecule has 1 aromatic heterocycles. The van der Waals surface area contributed by atoms with E-state index in [1.54, 1.807) is 36.7 Å². The molecule has 100 valence electrons. The van der Waals surface area contributed by atoms with Gasteiger partial charge >= 0.3 is 5.56 Å². The Morgan fingerprint density at radius 3 is 2.47 bits per heavy atom. The quantitative estimate of drug-likeness (QED) is 0.828. The van der Waals surface area contributed by atoms with Gasteiger partial charge in [0.05, 0.1) is 6.61 Å². The largest absolute Gasteiger partial charge is 0.494 e. The summed E-state index contributed by atoms with van der Waals surface area (Å²) in [7, 11) is 0. The van der Waals surface area contributed by atoms with Crippen LogP contribution in [0.5, 0.6) is 17.4 Å². The summed E-state index contributed by atoms with van der Waals surface area (Å²) in [5.41, 5.74) is -0.237. The fourth-order valence-electron chi connectivity index (χ4n) is 1.63. The highest BCUT2D eigenvalue weighted by molar-refractivity contribution is 5.33. The lowest BCUT2D eigenvalue weighted by atomic mass is 10.3. The van der Waals surface area contributed by atoms with Crippen molar-refractivity contribution in [3.05, 3.63) is 47.0 Å². The van der Waals surface area contributed by atoms with Crippen LogP contribution in [0.2, 0.25) is 0 Å². The predicted molar refractivity (Wildman–Crippen MR) is 71.9 cm³/mol. The van der Waals surface area contributed by atoms with Crippen LogP contribution in [-0.2, 0) is 6.54 Å². The van der Waals surface area contributed by atoms with Crippen molar-refractivity contribution in [3.63, 3.8) is 0 Å². The fourth-order valence-corrected chi connectivity index (χ4v) is 1.63. The van der Waals surface area contributed by atoms with Crippen molar-refractivity contribution in [1.29, 1.82) is 0 Å². The van der Waals surface area contributed by atoms with Crippen LogP contribution in [0.1, 0.15) is 13.8 Å². The highest BCUT2D eigenvalue weighted by Crippen LogP contribution is 2.20. The smallest absolute Gasteiger partial charge is 0.313 e. The van der Waals surface area contributed by atoms with E-state index in [4.69, 9.17) is 9.47 Å². The van der Waals surface area contributed by atoms with Crippen LogP contribution in [-0.4, -0.2) is 16.2 Å². The first-order valence-corrected chi connectivity index (χ1v) is 6.20. The van der Waals surface area contributed by atoms with E-state index < -0.39 is 0 Å². The van der Waals surface area contributed by atoms with E-state index in [0.717, 1.165) is 5.75 Å². The molecule has 0 aliphatic heterocycles. The molecule has 0 bridgehead atoms. The van der Waals surface area contributed by atoms with Crippen molar-refractivity contribution in [3.8, 4) is 17.4 Å². The predicted octanol–water partition coefficient (Wildman–Crippen LogP) is 2.45. The molecule has 19 heavy (non-hydrogen) atoms. The standard InChI is InChI=1S/C14H16N2O3/c1-3-16-10-9-15-13(14(16)17)19-12-7-5-11(6-8-12)18-4-2/h5-10H,3-4H2,1-2H3. The third kappa shape index (κ3) is 3.13. The molecular formula is C14H16N2O3. The van der Waals surface area contributed by atoms with Crippen LogP contribution in [0.25, 0.3) is 0 Å². The zero-order chi connectivity index (χ0) is 13.7. The van der Waals surface area contributed by atoms with Crippen molar-refractivity contribution in [2.45, 2.75) is 20.4 Å². The summed E-state index contributed by atoms with van der Waals surface area (Å²) in [5, 5.41) is 0. The van der Waals surface area contributed by atoms with Gasteiger partial charge in [-0.15, -0.1) is 0 Å². The Morgan fingerprint density at radius 2 is 1.84 bits per heavy atom. The molecule has 2 rings (SSSR count). The van der Waals surface area contributed by atoms with Crippen LogP contribution >= 0.6 is 0 Å². The minimum Gasteiger partial charge on any atom is -0.494 e. The highest BCUT2D eigenvalue weighted by Gasteiger charge is 2.06. The lowest BCUT2D eigenvalue weighted by Crippen LogP contribution is -2.20. The lowest BCUT2D eigenvalue weighted by molar-refractivity contribution is 0.339. The summed E-state index contributed by atoms with van der Waals surface area (Å²) in [6.07, 6.45) is 3.18. The van der Waals surface area contributed by atoms with Gasteiger partial charge in [0.25, 0.3) is 5.88 Å². The maximum absolute atomic E-state index is 11.9. The number of ether oxygens (including phenoxy) is 2. The van der Waals surface area contributed by atoms with Gasteiger partial charge in [0.1, 0.15) is 11.5 Å². The van der Waals surface area contributed by atoms with Gasteiger partial charge in [-0.05, 0) is 38.1 Å². The molecule has 1 aromatic carbocycles. The van der Waals surface area contributed by atoms with E-state index in [9.17, 15) is 4.79 Å². The van der Waals surface area contributed by atoms with E-state index in [0.29, 0.717) is 18.9 Å². The number of benzene rings is 1. The molecule has 5 nitrogen and oxygen atoms in total. The molecule has 1 heterocycles. The number of nitrogens with zero attached hydrogens (tertiary/aromatic N) is 2. The molecule has 0 aliphatic carbocycles. The van der Waals surface area contributed by atoms with Gasteiger partial charge in [-0.25, -0.2) is 4.98 Å². The average Bonchev–Trinajstić information content (AvgIpc) is 2.43. The Labute approximate surface area is 111 Å². The minimum absolute atomic E-state index is 0.0773. The number of rotatable bonds is 5. The molecule has 0 atom stereocenters. The third-order valence-electron chi connectivity index (χ3n) is 2.57. The maximum Gasteiger partial charge on any atom is 0.313 e. The third-order valence-corrected chi connectivity index (χ3v) is 2.57. The zero-order valence-electron chi connectivity index (χ0n) is 11.0. The molecular weight excluding hydrogens is 244 g/mol. The van der Waals surface area contributed by atoms with Crippen molar-refractivity contribution in [2.75, 3.05) is 6.61 Å². The summed E-state index contributed by atoms with van der Waals surface area (Å²) >= 11 is 0. The van der Waals surface area contributed by atoms with Crippen LogP contribution in [0.15, 0.2) is 41.5 Å². The average molecular weight is 260 g/mol. The number of aryl methyl sites for hydroxylation is 1. The minimum atomic E-state index is -0.237. The van der Waals surface area contributed by atoms with Crippen molar-refractivity contribution in [2.24, 2.45) is 0 Å². The second kappa shape index (κ2) is 6.04. The number of hydrogen-bond acceptors (Lipinski definition) is 4. The Balaban J connectivity index is 2.19. The van der Waals surface area contributed by atoms with E-state index in [1.165, 1.54) is 4.57 Å². The normalized spacial score (nSPS) is 10.2. The van der Waals surface area contributed by atoms with Crippen LogP contribution in [0.4, 0.5) is 0 Å². The van der Waals surface area contributed by atoms with Crippen LogP contribution < -0.4 is 15.0 Å². The van der Waals surface area contributed by atoms with E-state index in [2.05, 4.69) is 4.98 Å². The molecule has 5 heteroatoms. The van der Waals surface area contributed by atoms with Crippen molar-refractivity contribution >= 4 is 0 Å². The molecule has 2 aromatic rings. The molecule has 0 unspecified atom stereocenters.